The van der Waals surface area contributed by atoms with Crippen molar-refractivity contribution in [2.45, 2.75) is 48.5 Å². The molecule has 0 saturated carbocycles. The third-order valence-corrected chi connectivity index (χ3v) is 20.3. The van der Waals surface area contributed by atoms with E-state index < -0.39 is 16.0 Å². The van der Waals surface area contributed by atoms with Crippen molar-refractivity contribution in [2.75, 3.05) is 22.9 Å². The molecule has 0 amide bonds. The van der Waals surface area contributed by atoms with E-state index in [1.54, 1.807) is 12.3 Å². The summed E-state index contributed by atoms with van der Waals surface area (Å²) in [5.74, 6) is 0.285. The van der Waals surface area contributed by atoms with Crippen LogP contribution >= 0.6 is 19.4 Å². The minimum atomic E-state index is -5.91. The summed E-state index contributed by atoms with van der Waals surface area (Å²) in [6.45, 7) is 15.9. The number of hydrogen-bond donors (Lipinski definition) is 0. The predicted molar refractivity (Wildman–Crippen MR) is 249 cm³/mol. The molecule has 1 saturated heterocycles. The molecule has 60 heavy (non-hydrogen) atoms. The van der Waals surface area contributed by atoms with Crippen LogP contribution in [0.2, 0.25) is 0 Å². The number of fused-ring (bicyclic) bond motifs is 1. The molecule has 8 rings (SSSR count). The van der Waals surface area contributed by atoms with Gasteiger partial charge in [-0.2, -0.15) is 0 Å². The average Bonchev–Trinajstić information content (AvgIpc) is 3.82. The normalized spacial score (nSPS) is 14.7. The summed E-state index contributed by atoms with van der Waals surface area (Å²) in [6, 6.07) is 39.4. The summed E-state index contributed by atoms with van der Waals surface area (Å²) in [7, 11) is 17.5. The van der Waals surface area contributed by atoms with Crippen molar-refractivity contribution >= 4 is 62.4 Å². The molecule has 2 aliphatic rings. The molecule has 0 aromatic heterocycles. The Morgan fingerprint density at radius 3 is 1.75 bits per heavy atom. The van der Waals surface area contributed by atoms with E-state index in [9.17, 15) is 10.1 Å². The molecule has 10 heteroatoms. The fourth-order valence-electron chi connectivity index (χ4n) is 8.62. The molecule has 0 unspecified atom stereocenters. The third kappa shape index (κ3) is 7.46. The first kappa shape index (κ1) is 41.2. The number of rotatable bonds is 8. The Morgan fingerprint density at radius 1 is 0.667 bits per heavy atom. The monoisotopic (exact) mass is 923 g/mol. The van der Waals surface area contributed by atoms with Crippen LogP contribution in [-0.4, -0.2) is 32.7 Å². The van der Waals surface area contributed by atoms with Gasteiger partial charge in [0.1, 0.15) is 0 Å². The second-order valence-electron chi connectivity index (χ2n) is 15.7. The van der Waals surface area contributed by atoms with Gasteiger partial charge in [-0.05, 0) is 0 Å². The molecule has 0 bridgehead atoms. The minimum absolute atomic E-state index is 0.110. The number of aryl methyl sites for hydroxylation is 7. The van der Waals surface area contributed by atoms with E-state index in [2.05, 4.69) is 106 Å². The molecule has 0 atom stereocenters. The molecule has 0 spiro atoms. The number of anilines is 2. The maximum absolute atomic E-state index is 12.3. The van der Waals surface area contributed by atoms with Crippen molar-refractivity contribution in [3.05, 3.63) is 199 Å². The zero-order valence-electron chi connectivity index (χ0n) is 34.7. The van der Waals surface area contributed by atoms with Gasteiger partial charge in [0.05, 0.1) is 0 Å². The molecule has 0 radical (unpaired) electrons. The number of nitro benzene ring substituents is 1. The van der Waals surface area contributed by atoms with E-state index in [1.165, 1.54) is 12.1 Å². The first-order chi connectivity index (χ1) is 28.6. The van der Waals surface area contributed by atoms with Crippen molar-refractivity contribution in [1.82, 2.24) is 0 Å². The standard InChI is InChI=1S/C21H26N2.C15H10.C14H12N2O3.2ClH.Ru/c1-14-9-16(3)20(17(4)10-14)22-7-8-23(13-22)21-18(5)11-15(2)12-19(21)6;1-2-6-12(7-3-1)15-11-10-13-8-4-5-9-14(13)15;1-10-2-4-12(5-3-10)15-9-11-8-13(16(18)19)6-7-14(11)17;;;/h9-12H,7-8H2,1-6H3;1-9,11H;2-9,17H,1H3;2*1H;/q;;;;;-2/p-3. The zero-order chi connectivity index (χ0) is 42.5. The van der Waals surface area contributed by atoms with Crippen LogP contribution in [-0.2, 0) is 11.1 Å². The van der Waals surface area contributed by atoms with Gasteiger partial charge in [-0.25, -0.2) is 0 Å². The van der Waals surface area contributed by atoms with Crippen LogP contribution in [0.3, 0.4) is 0 Å². The summed E-state index contributed by atoms with van der Waals surface area (Å²) >= 11 is -5.91. The van der Waals surface area contributed by atoms with Gasteiger partial charge in [-0.15, -0.1) is 0 Å². The Labute approximate surface area is 360 Å². The molecule has 312 valence electrons. The average molecular weight is 924 g/mol. The van der Waals surface area contributed by atoms with E-state index in [-0.39, 0.29) is 11.4 Å². The van der Waals surface area contributed by atoms with E-state index in [0.29, 0.717) is 32.8 Å². The summed E-state index contributed by atoms with van der Waals surface area (Å²) in [5, 5.41) is 12.3. The molecule has 7 nitrogen and oxygen atoms in total. The molecule has 1 aliphatic heterocycles. The Morgan fingerprint density at radius 2 is 1.20 bits per heavy atom. The van der Waals surface area contributed by atoms with Gasteiger partial charge in [-0.3, -0.25) is 0 Å². The maximum atomic E-state index is 12.3. The Hall–Kier alpha value is -5.53. The van der Waals surface area contributed by atoms with Crippen molar-refractivity contribution in [1.29, 1.82) is 0 Å². The number of nitro groups is 1. The van der Waals surface area contributed by atoms with Gasteiger partial charge >= 0.3 is 363 Å². The molecule has 6 aromatic rings. The van der Waals surface area contributed by atoms with E-state index in [1.807, 2.05) is 61.5 Å². The van der Waals surface area contributed by atoms with Crippen LogP contribution in [0.1, 0.15) is 61.2 Å². The SMILES string of the molecule is Cc1ccc(N=Cc2cc([N+](=O)[O-])ccc2[O][Ru-5]([Cl])([Cl])(=[C]2C=C(c3ccccc3)c3ccccc32)=[C]2N(c3c(C)cc(C)cc3C)CCN2c2c(C)cc(C)cc2C)cc1. The number of benzene rings is 6. The van der Waals surface area contributed by atoms with Crippen molar-refractivity contribution in [2.24, 2.45) is 4.99 Å². The number of halogens is 2. The van der Waals surface area contributed by atoms with Crippen molar-refractivity contribution in [3.63, 3.8) is 0 Å². The summed E-state index contributed by atoms with van der Waals surface area (Å²) in [4.78, 5) is 21.2. The zero-order valence-corrected chi connectivity index (χ0v) is 38.0. The number of non-ortho nitro benzene ring substituents is 1. The van der Waals surface area contributed by atoms with Gasteiger partial charge in [0.15, 0.2) is 0 Å². The van der Waals surface area contributed by atoms with Gasteiger partial charge < -0.3 is 0 Å². The Balaban J connectivity index is 1.55. The summed E-state index contributed by atoms with van der Waals surface area (Å²) in [5.41, 5.74) is 14.6. The topological polar surface area (TPSA) is 71.2 Å². The van der Waals surface area contributed by atoms with Gasteiger partial charge in [0.25, 0.3) is 0 Å². The van der Waals surface area contributed by atoms with E-state index in [4.69, 9.17) is 27.9 Å². The van der Waals surface area contributed by atoms with Crippen molar-refractivity contribution in [3.8, 4) is 5.75 Å². The second kappa shape index (κ2) is 15.8. The molecule has 1 fully saturated rings. The fourth-order valence-corrected chi connectivity index (χ4v) is 18.3. The predicted octanol–water partition coefficient (Wildman–Crippen LogP) is 12.6. The Bertz CT molecular complexity index is 2840. The second-order valence-corrected chi connectivity index (χ2v) is 27.8. The van der Waals surface area contributed by atoms with Crippen LogP contribution in [0.15, 0.2) is 132 Å². The summed E-state index contributed by atoms with van der Waals surface area (Å²) < 4.78 is 8.92. The van der Waals surface area contributed by atoms with Gasteiger partial charge in [0, 0.05) is 0 Å². The number of aliphatic imine (C=N–C) groups is 1. The van der Waals surface area contributed by atoms with Crippen LogP contribution in [0.5, 0.6) is 5.75 Å². The molecular formula is C50H47Cl2N4O3Ru-5. The Kier molecular flexibility index (Phi) is 10.9. The van der Waals surface area contributed by atoms with Crippen LogP contribution < -0.4 is 13.4 Å². The number of nitrogens with zero attached hydrogens (tertiary/aromatic N) is 4. The quantitative estimate of drug-likeness (QED) is 0.0658. The molecule has 1 aliphatic carbocycles. The molecule has 1 heterocycles. The summed E-state index contributed by atoms with van der Waals surface area (Å²) in [6.07, 6.45) is 3.71. The van der Waals surface area contributed by atoms with Crippen molar-refractivity contribution < 1.29 is 19.6 Å². The first-order valence-electron chi connectivity index (χ1n) is 19.8. The molecule has 6 aromatic carbocycles. The van der Waals surface area contributed by atoms with Crippen LogP contribution in [0, 0.1) is 58.6 Å². The van der Waals surface area contributed by atoms with E-state index >= 15 is 0 Å². The van der Waals surface area contributed by atoms with E-state index in [0.717, 1.165) is 72.6 Å². The molecular weight excluding hydrogens is 877 g/mol. The fraction of sp³-hybridized carbons (Fsp3) is 0.180. The van der Waals surface area contributed by atoms with Crippen LogP contribution in [0.25, 0.3) is 5.57 Å². The molecule has 0 N–H and O–H groups in total. The third-order valence-electron chi connectivity index (χ3n) is 11.0. The first-order valence-corrected chi connectivity index (χ1v) is 26.7. The van der Waals surface area contributed by atoms with Gasteiger partial charge in [0.2, 0.25) is 0 Å². The number of hydrogen-bond acceptors (Lipinski definition) is 6. The van der Waals surface area contributed by atoms with Crippen LogP contribution in [0.4, 0.5) is 22.7 Å². The number of allylic oxidation sites excluding steroid dienone is 1. The van der Waals surface area contributed by atoms with Gasteiger partial charge in [-0.1, -0.05) is 0 Å².